The Labute approximate surface area is 153 Å². The minimum Gasteiger partial charge on any atom is -0.452 e. The number of anilines is 1. The molecule has 0 saturated heterocycles. The van der Waals surface area contributed by atoms with Crippen LogP contribution in [-0.2, 0) is 21.4 Å². The van der Waals surface area contributed by atoms with Crippen LogP contribution in [0, 0.1) is 25.5 Å². The number of nitrogens with one attached hydrogen (secondary N) is 1. The van der Waals surface area contributed by atoms with Gasteiger partial charge in [0.15, 0.2) is 6.10 Å². The maximum atomic E-state index is 13.5. The van der Waals surface area contributed by atoms with Gasteiger partial charge in [-0.05, 0) is 39.0 Å². The van der Waals surface area contributed by atoms with Gasteiger partial charge in [0.2, 0.25) is 0 Å². The molecule has 1 aromatic heterocycles. The molecule has 1 amide bonds. The molecule has 0 aliphatic rings. The number of halogens is 2. The standard InChI is InChI=1S/C17H19F2N3O3S/c1-9-16(10(2)22(4)21-9)20-17(24)11(3)25-15(23)8-26-14-7-12(18)5-6-13(14)19/h5-7,11H,8H2,1-4H3,(H,20,24)/t11-/m1/s1. The molecular formula is C17H19F2N3O3S. The van der Waals surface area contributed by atoms with E-state index in [9.17, 15) is 18.4 Å². The number of carbonyl (C=O) groups is 2. The summed E-state index contributed by atoms with van der Waals surface area (Å²) >= 11 is 0.801. The number of hydrogen-bond donors (Lipinski definition) is 1. The summed E-state index contributed by atoms with van der Waals surface area (Å²) in [6.07, 6.45) is -1.04. The van der Waals surface area contributed by atoms with Gasteiger partial charge < -0.3 is 10.1 Å². The average molecular weight is 383 g/mol. The fraction of sp³-hybridized carbons (Fsp3) is 0.353. The number of thioether (sulfide) groups is 1. The fourth-order valence-electron chi connectivity index (χ4n) is 2.19. The monoisotopic (exact) mass is 383 g/mol. The van der Waals surface area contributed by atoms with Gasteiger partial charge in [-0.15, -0.1) is 11.8 Å². The maximum absolute atomic E-state index is 13.5. The lowest BCUT2D eigenvalue weighted by Gasteiger charge is -2.13. The van der Waals surface area contributed by atoms with Crippen molar-refractivity contribution < 1.29 is 23.1 Å². The molecule has 0 aliphatic heterocycles. The van der Waals surface area contributed by atoms with Crippen molar-refractivity contribution in [2.45, 2.75) is 31.8 Å². The van der Waals surface area contributed by atoms with Crippen LogP contribution in [0.2, 0.25) is 0 Å². The van der Waals surface area contributed by atoms with Crippen molar-refractivity contribution >= 4 is 29.3 Å². The summed E-state index contributed by atoms with van der Waals surface area (Å²) in [4.78, 5) is 24.1. The maximum Gasteiger partial charge on any atom is 0.317 e. The van der Waals surface area contributed by atoms with Crippen molar-refractivity contribution in [3.05, 3.63) is 41.2 Å². The Balaban J connectivity index is 1.90. The summed E-state index contributed by atoms with van der Waals surface area (Å²) in [6, 6.07) is 2.97. The summed E-state index contributed by atoms with van der Waals surface area (Å²) in [5.41, 5.74) is 1.98. The van der Waals surface area contributed by atoms with E-state index in [-0.39, 0.29) is 10.6 Å². The van der Waals surface area contributed by atoms with Gasteiger partial charge in [-0.1, -0.05) is 0 Å². The molecule has 2 rings (SSSR count). The van der Waals surface area contributed by atoms with Crippen LogP contribution in [0.25, 0.3) is 0 Å². The highest BCUT2D eigenvalue weighted by Gasteiger charge is 2.21. The summed E-state index contributed by atoms with van der Waals surface area (Å²) in [6.45, 7) is 4.99. The van der Waals surface area contributed by atoms with Crippen molar-refractivity contribution in [1.82, 2.24) is 9.78 Å². The third-order valence-corrected chi connectivity index (χ3v) is 4.68. The molecule has 0 radical (unpaired) electrons. The van der Waals surface area contributed by atoms with Gasteiger partial charge in [0, 0.05) is 11.9 Å². The van der Waals surface area contributed by atoms with Crippen LogP contribution in [0.4, 0.5) is 14.5 Å². The Morgan fingerprint density at radius 3 is 2.65 bits per heavy atom. The summed E-state index contributed by atoms with van der Waals surface area (Å²) < 4.78 is 33.3. The first-order valence-electron chi connectivity index (χ1n) is 7.77. The van der Waals surface area contributed by atoms with Crippen LogP contribution in [0.3, 0.4) is 0 Å². The summed E-state index contributed by atoms with van der Waals surface area (Å²) in [5.74, 6) is -2.68. The van der Waals surface area contributed by atoms with Crippen LogP contribution in [0.5, 0.6) is 0 Å². The van der Waals surface area contributed by atoms with E-state index in [1.165, 1.54) is 6.92 Å². The first kappa shape index (κ1) is 19.9. The Hall–Kier alpha value is -2.42. The summed E-state index contributed by atoms with van der Waals surface area (Å²) in [5, 5.41) is 6.87. The number of carbonyl (C=O) groups excluding carboxylic acids is 2. The number of benzene rings is 1. The van der Waals surface area contributed by atoms with E-state index in [1.807, 2.05) is 0 Å². The van der Waals surface area contributed by atoms with E-state index >= 15 is 0 Å². The Kier molecular flexibility index (Phi) is 6.36. The molecule has 0 spiro atoms. The van der Waals surface area contributed by atoms with Crippen molar-refractivity contribution in [1.29, 1.82) is 0 Å². The van der Waals surface area contributed by atoms with E-state index < -0.39 is 29.6 Å². The largest absolute Gasteiger partial charge is 0.452 e. The number of ether oxygens (including phenoxy) is 1. The lowest BCUT2D eigenvalue weighted by Crippen LogP contribution is -2.30. The normalized spacial score (nSPS) is 11.9. The average Bonchev–Trinajstić information content (AvgIpc) is 2.81. The number of esters is 1. The van der Waals surface area contributed by atoms with Crippen LogP contribution < -0.4 is 5.32 Å². The van der Waals surface area contributed by atoms with Gasteiger partial charge in [0.05, 0.1) is 22.8 Å². The Morgan fingerprint density at radius 2 is 2.04 bits per heavy atom. The van der Waals surface area contributed by atoms with Crippen molar-refractivity contribution in [2.24, 2.45) is 7.05 Å². The van der Waals surface area contributed by atoms with Gasteiger partial charge in [-0.2, -0.15) is 5.10 Å². The molecule has 26 heavy (non-hydrogen) atoms. The lowest BCUT2D eigenvalue weighted by atomic mass is 10.3. The smallest absolute Gasteiger partial charge is 0.317 e. The second kappa shape index (κ2) is 8.31. The molecular weight excluding hydrogens is 364 g/mol. The number of amides is 1. The Morgan fingerprint density at radius 1 is 1.35 bits per heavy atom. The molecule has 1 heterocycles. The lowest BCUT2D eigenvalue weighted by molar-refractivity contribution is -0.150. The van der Waals surface area contributed by atoms with Crippen molar-refractivity contribution in [3.8, 4) is 0 Å². The predicted molar refractivity (Wildman–Crippen MR) is 93.9 cm³/mol. The third-order valence-electron chi connectivity index (χ3n) is 3.67. The first-order valence-corrected chi connectivity index (χ1v) is 8.76. The Bertz CT molecular complexity index is 839. The number of aryl methyl sites for hydroxylation is 2. The molecule has 0 fully saturated rings. The van der Waals surface area contributed by atoms with E-state index in [1.54, 1.807) is 25.6 Å². The molecule has 0 bridgehead atoms. The van der Waals surface area contributed by atoms with Gasteiger partial charge in [0.1, 0.15) is 11.6 Å². The van der Waals surface area contributed by atoms with Gasteiger partial charge >= 0.3 is 5.97 Å². The zero-order valence-electron chi connectivity index (χ0n) is 14.8. The highest BCUT2D eigenvalue weighted by atomic mass is 32.2. The third kappa shape index (κ3) is 4.81. The van der Waals surface area contributed by atoms with E-state index in [2.05, 4.69) is 10.4 Å². The molecule has 140 valence electrons. The number of hydrogen-bond acceptors (Lipinski definition) is 5. The minimum absolute atomic E-state index is 0.000615. The van der Waals surface area contributed by atoms with E-state index in [0.717, 1.165) is 35.7 Å². The molecule has 2 aromatic rings. The molecule has 1 N–H and O–H groups in total. The van der Waals surface area contributed by atoms with Crippen LogP contribution in [0.15, 0.2) is 23.1 Å². The topological polar surface area (TPSA) is 73.2 Å². The zero-order valence-corrected chi connectivity index (χ0v) is 15.6. The SMILES string of the molecule is Cc1nn(C)c(C)c1NC(=O)[C@@H](C)OC(=O)CSc1cc(F)ccc1F. The summed E-state index contributed by atoms with van der Waals surface area (Å²) in [7, 11) is 1.75. The van der Waals surface area contributed by atoms with Crippen molar-refractivity contribution in [2.75, 3.05) is 11.1 Å². The fourth-order valence-corrected chi connectivity index (χ4v) is 2.93. The molecule has 1 aromatic carbocycles. The molecule has 0 saturated carbocycles. The molecule has 0 unspecified atom stereocenters. The molecule has 6 nitrogen and oxygen atoms in total. The van der Waals surface area contributed by atoms with Gasteiger partial charge in [-0.25, -0.2) is 8.78 Å². The van der Waals surface area contributed by atoms with Crippen LogP contribution >= 0.6 is 11.8 Å². The highest BCUT2D eigenvalue weighted by molar-refractivity contribution is 8.00. The highest BCUT2D eigenvalue weighted by Crippen LogP contribution is 2.23. The number of aromatic nitrogens is 2. The van der Waals surface area contributed by atoms with Gasteiger partial charge in [0.25, 0.3) is 5.91 Å². The molecule has 0 aliphatic carbocycles. The number of nitrogens with zero attached hydrogens (tertiary/aromatic N) is 2. The van der Waals surface area contributed by atoms with Gasteiger partial charge in [-0.3, -0.25) is 14.3 Å². The van der Waals surface area contributed by atoms with Crippen LogP contribution in [-0.4, -0.2) is 33.5 Å². The van der Waals surface area contributed by atoms with E-state index in [0.29, 0.717) is 11.4 Å². The second-order valence-corrected chi connectivity index (χ2v) is 6.67. The zero-order chi connectivity index (χ0) is 19.4. The molecule has 1 atom stereocenters. The number of rotatable bonds is 6. The predicted octanol–water partition coefficient (Wildman–Crippen LogP) is 2.98. The van der Waals surface area contributed by atoms with Crippen molar-refractivity contribution in [3.63, 3.8) is 0 Å². The quantitative estimate of drug-likeness (QED) is 0.613. The molecule has 9 heteroatoms. The van der Waals surface area contributed by atoms with E-state index in [4.69, 9.17) is 4.74 Å². The van der Waals surface area contributed by atoms with Crippen LogP contribution in [0.1, 0.15) is 18.3 Å². The first-order chi connectivity index (χ1) is 12.2. The second-order valence-electron chi connectivity index (χ2n) is 5.65. The minimum atomic E-state index is -1.04.